The lowest BCUT2D eigenvalue weighted by atomic mass is 9.85. The first-order valence-corrected chi connectivity index (χ1v) is 9.37. The molecule has 0 aromatic heterocycles. The molecule has 2 fully saturated rings. The summed E-state index contributed by atoms with van der Waals surface area (Å²) < 4.78 is 5.66. The van der Waals surface area contributed by atoms with Gasteiger partial charge in [-0.2, -0.15) is 10.1 Å². The minimum Gasteiger partial charge on any atom is -0.480 e. The van der Waals surface area contributed by atoms with Crippen LogP contribution < -0.4 is 4.74 Å². The van der Waals surface area contributed by atoms with Gasteiger partial charge in [0.05, 0.1) is 18.1 Å². The topological polar surface area (TPSA) is 59.0 Å². The van der Waals surface area contributed by atoms with Crippen molar-refractivity contribution >= 4 is 28.8 Å². The van der Waals surface area contributed by atoms with Crippen molar-refractivity contribution in [3.8, 4) is 18.1 Å². The van der Waals surface area contributed by atoms with Crippen molar-refractivity contribution in [3.05, 3.63) is 54.1 Å². The molecule has 0 N–H and O–H groups in total. The number of carbonyl (C=O) groups excluding carboxylic acids is 2. The lowest BCUT2D eigenvalue weighted by molar-refractivity contribution is -0.140. The number of ether oxygens (including phenoxy) is 1. The van der Waals surface area contributed by atoms with Crippen LogP contribution in [0.1, 0.15) is 12.0 Å². The molecule has 0 spiro atoms. The second-order valence-electron chi connectivity index (χ2n) is 7.42. The highest BCUT2D eigenvalue weighted by molar-refractivity contribution is 6.08. The van der Waals surface area contributed by atoms with Gasteiger partial charge in [-0.05, 0) is 35.1 Å². The van der Waals surface area contributed by atoms with E-state index in [9.17, 15) is 9.59 Å². The molecule has 1 heterocycles. The van der Waals surface area contributed by atoms with Crippen LogP contribution in [-0.4, -0.2) is 29.6 Å². The number of rotatable bonds is 4. The van der Waals surface area contributed by atoms with E-state index in [1.165, 1.54) is 0 Å². The molecule has 3 aliphatic rings. The Hall–Kier alpha value is -3.39. The molecular formula is C23H18N2O3. The zero-order valence-electron chi connectivity index (χ0n) is 15.1. The molecule has 5 rings (SSSR count). The van der Waals surface area contributed by atoms with Crippen LogP contribution >= 0.6 is 0 Å². The Morgan fingerprint density at radius 3 is 2.54 bits per heavy atom. The Morgan fingerprint density at radius 2 is 1.82 bits per heavy atom. The number of nitrogens with zero attached hydrogens (tertiary/aromatic N) is 2. The van der Waals surface area contributed by atoms with Gasteiger partial charge in [-0.1, -0.05) is 48.4 Å². The molecule has 1 saturated heterocycles. The zero-order chi connectivity index (χ0) is 19.3. The predicted molar refractivity (Wildman–Crippen MR) is 105 cm³/mol. The molecule has 0 unspecified atom stereocenters. The van der Waals surface area contributed by atoms with Gasteiger partial charge >= 0.3 is 0 Å². The highest BCUT2D eigenvalue weighted by atomic mass is 16.5. The van der Waals surface area contributed by atoms with Crippen molar-refractivity contribution < 1.29 is 14.3 Å². The summed E-state index contributed by atoms with van der Waals surface area (Å²) in [6.45, 7) is 0.125. The summed E-state index contributed by atoms with van der Waals surface area (Å²) in [5.41, 5.74) is 0.701. The SMILES string of the molecule is C#CCOc1ccc2ccccc2c1/C=N\N1C(=O)[C@@H]2[C@H](C1=O)[C@H]1C=C[C@H]2C1. The minimum absolute atomic E-state index is 0.125. The average molecular weight is 370 g/mol. The number of amides is 2. The maximum Gasteiger partial charge on any atom is 0.254 e. The van der Waals surface area contributed by atoms with Crippen LogP contribution in [0.15, 0.2) is 53.7 Å². The molecule has 1 aliphatic heterocycles. The fraction of sp³-hybridized carbons (Fsp3) is 0.261. The van der Waals surface area contributed by atoms with Crippen molar-refractivity contribution in [2.75, 3.05) is 6.61 Å². The number of allylic oxidation sites excluding steroid dienone is 2. The maximum atomic E-state index is 12.8. The Labute approximate surface area is 162 Å². The molecule has 4 atom stereocenters. The molecule has 28 heavy (non-hydrogen) atoms. The van der Waals surface area contributed by atoms with Gasteiger partial charge in [0.25, 0.3) is 11.8 Å². The second-order valence-corrected chi connectivity index (χ2v) is 7.42. The number of carbonyl (C=O) groups is 2. The van der Waals surface area contributed by atoms with Crippen LogP contribution in [0.5, 0.6) is 5.75 Å². The first kappa shape index (κ1) is 16.8. The Balaban J connectivity index is 1.52. The lowest BCUT2D eigenvalue weighted by Crippen LogP contribution is -2.28. The largest absolute Gasteiger partial charge is 0.480 e. The molecule has 2 amide bonds. The van der Waals surface area contributed by atoms with E-state index in [1.54, 1.807) is 6.21 Å². The first-order chi connectivity index (χ1) is 13.7. The standard InChI is InChI=1S/C23H18N2O3/c1-2-11-28-19-10-9-14-5-3-4-6-17(14)18(19)13-24-25-22(26)20-15-7-8-16(12-15)21(20)23(25)27/h1,3-10,13,15-16,20-21H,11-12H2/b24-13-/t15-,16-,20-,21+/m0/s1. The van der Waals surface area contributed by atoms with Crippen LogP contribution in [0.2, 0.25) is 0 Å². The van der Waals surface area contributed by atoms with Crippen molar-refractivity contribution in [1.82, 2.24) is 5.01 Å². The number of imide groups is 1. The van der Waals surface area contributed by atoms with Gasteiger partial charge in [-0.3, -0.25) is 9.59 Å². The van der Waals surface area contributed by atoms with Crippen molar-refractivity contribution in [2.24, 2.45) is 28.8 Å². The van der Waals surface area contributed by atoms with Crippen LogP contribution in [0.25, 0.3) is 10.8 Å². The molecule has 2 aromatic carbocycles. The summed E-state index contributed by atoms with van der Waals surface area (Å²) in [5.74, 6) is 2.44. The number of hydrogen-bond donors (Lipinski definition) is 0. The highest BCUT2D eigenvalue weighted by Gasteiger charge is 2.59. The van der Waals surface area contributed by atoms with Crippen molar-refractivity contribution in [2.45, 2.75) is 6.42 Å². The highest BCUT2D eigenvalue weighted by Crippen LogP contribution is 2.52. The third-order valence-electron chi connectivity index (χ3n) is 5.99. The van der Waals surface area contributed by atoms with Crippen LogP contribution in [0, 0.1) is 36.0 Å². The van der Waals surface area contributed by atoms with Crippen LogP contribution in [0.3, 0.4) is 0 Å². The summed E-state index contributed by atoms with van der Waals surface area (Å²) in [6, 6.07) is 11.6. The second kappa shape index (κ2) is 6.35. The summed E-state index contributed by atoms with van der Waals surface area (Å²) in [7, 11) is 0. The third-order valence-corrected chi connectivity index (χ3v) is 5.99. The van der Waals surface area contributed by atoms with Gasteiger partial charge in [-0.25, -0.2) is 0 Å². The zero-order valence-corrected chi connectivity index (χ0v) is 15.1. The van der Waals surface area contributed by atoms with Crippen LogP contribution in [-0.2, 0) is 9.59 Å². The fourth-order valence-corrected chi connectivity index (χ4v) is 4.77. The molecular weight excluding hydrogens is 352 g/mol. The lowest BCUT2D eigenvalue weighted by Gasteiger charge is -2.13. The number of fused-ring (bicyclic) bond motifs is 6. The Bertz CT molecular complexity index is 1060. The van der Waals surface area contributed by atoms with E-state index in [0.29, 0.717) is 11.3 Å². The third kappa shape index (κ3) is 2.38. The number of hydrazone groups is 1. The van der Waals surface area contributed by atoms with E-state index >= 15 is 0 Å². The summed E-state index contributed by atoms with van der Waals surface area (Å²) in [6.07, 6.45) is 11.9. The van der Waals surface area contributed by atoms with E-state index < -0.39 is 0 Å². The van der Waals surface area contributed by atoms with Gasteiger partial charge in [0, 0.05) is 5.56 Å². The quantitative estimate of drug-likeness (QED) is 0.360. The molecule has 138 valence electrons. The van der Waals surface area contributed by atoms with Crippen molar-refractivity contribution in [3.63, 3.8) is 0 Å². The molecule has 1 saturated carbocycles. The summed E-state index contributed by atoms with van der Waals surface area (Å²) >= 11 is 0. The van der Waals surface area contributed by atoms with Crippen molar-refractivity contribution in [1.29, 1.82) is 0 Å². The van der Waals surface area contributed by atoms with Crippen LogP contribution in [0.4, 0.5) is 0 Å². The average Bonchev–Trinajstić information content (AvgIpc) is 3.39. The molecule has 5 heteroatoms. The van der Waals surface area contributed by atoms with E-state index in [4.69, 9.17) is 11.2 Å². The maximum absolute atomic E-state index is 12.8. The number of benzene rings is 2. The molecule has 0 radical (unpaired) electrons. The number of terminal acetylenes is 1. The molecule has 5 nitrogen and oxygen atoms in total. The monoisotopic (exact) mass is 370 g/mol. The van der Waals surface area contributed by atoms with Gasteiger partial charge in [0.2, 0.25) is 0 Å². The van der Waals surface area contributed by atoms with Gasteiger partial charge in [0.1, 0.15) is 12.4 Å². The predicted octanol–water partition coefficient (Wildman–Crippen LogP) is 2.99. The summed E-state index contributed by atoms with van der Waals surface area (Å²) in [4.78, 5) is 25.7. The smallest absolute Gasteiger partial charge is 0.254 e. The van der Waals surface area contributed by atoms with Gasteiger partial charge in [0.15, 0.2) is 0 Å². The first-order valence-electron chi connectivity index (χ1n) is 9.37. The molecule has 2 aliphatic carbocycles. The Kier molecular flexibility index (Phi) is 3.80. The summed E-state index contributed by atoms with van der Waals surface area (Å²) in [5, 5.41) is 7.28. The van der Waals surface area contributed by atoms with E-state index in [-0.39, 0.29) is 42.1 Å². The van der Waals surface area contributed by atoms with Gasteiger partial charge in [-0.15, -0.1) is 6.42 Å². The van der Waals surface area contributed by atoms with E-state index in [1.807, 2.05) is 36.4 Å². The van der Waals surface area contributed by atoms with E-state index in [2.05, 4.69) is 23.2 Å². The van der Waals surface area contributed by atoms with E-state index in [0.717, 1.165) is 22.2 Å². The molecule has 2 bridgehead atoms. The minimum atomic E-state index is -0.260. The number of hydrogen-bond acceptors (Lipinski definition) is 4. The fourth-order valence-electron chi connectivity index (χ4n) is 4.77. The normalized spacial score (nSPS) is 27.8. The molecule has 2 aromatic rings. The Morgan fingerprint density at radius 1 is 1.11 bits per heavy atom. The van der Waals surface area contributed by atoms with Gasteiger partial charge < -0.3 is 4.74 Å².